The number of ether oxygens (including phenoxy) is 1. The summed E-state index contributed by atoms with van der Waals surface area (Å²) >= 11 is 0. The molecule has 82 valence electrons. The first kappa shape index (κ1) is 11.3. The molecule has 0 aliphatic heterocycles. The van der Waals surface area contributed by atoms with Crippen molar-refractivity contribution in [3.05, 3.63) is 33.7 Å². The van der Waals surface area contributed by atoms with Crippen LogP contribution in [0.1, 0.15) is 16.1 Å². The Labute approximate surface area is 81.7 Å². The van der Waals surface area contributed by atoms with Crippen LogP contribution in [0.25, 0.3) is 0 Å². The molecule has 7 heteroatoms. The van der Waals surface area contributed by atoms with Crippen molar-refractivity contribution in [1.29, 1.82) is 0 Å². The fourth-order valence-electron chi connectivity index (χ4n) is 0.927. The highest BCUT2D eigenvalue weighted by Gasteiger charge is 2.32. The number of pyridine rings is 1. The molecule has 1 heterocycles. The summed E-state index contributed by atoms with van der Waals surface area (Å²) in [6.45, 7) is 0. The Morgan fingerprint density at radius 2 is 2.00 bits per heavy atom. The number of aromatic amines is 1. The van der Waals surface area contributed by atoms with E-state index in [1.54, 1.807) is 0 Å². The van der Waals surface area contributed by atoms with Crippen molar-refractivity contribution in [2.45, 2.75) is 6.18 Å². The fraction of sp³-hybridized carbons (Fsp3) is 0.250. The molecule has 0 amide bonds. The Bertz CT molecular complexity index is 435. The molecule has 1 aromatic heterocycles. The lowest BCUT2D eigenvalue weighted by Gasteiger charge is -2.06. The maximum absolute atomic E-state index is 12.2. The second kappa shape index (κ2) is 3.76. The van der Waals surface area contributed by atoms with Crippen LogP contribution in [-0.4, -0.2) is 18.1 Å². The Balaban J connectivity index is 3.29. The highest BCUT2D eigenvalue weighted by atomic mass is 19.4. The molecule has 0 saturated carbocycles. The summed E-state index contributed by atoms with van der Waals surface area (Å²) in [5.74, 6) is -1.03. The van der Waals surface area contributed by atoms with Gasteiger partial charge in [0.25, 0.3) is 0 Å². The highest BCUT2D eigenvalue weighted by molar-refractivity contribution is 5.87. The smallest absolute Gasteiger partial charge is 0.416 e. The van der Waals surface area contributed by atoms with Gasteiger partial charge in [-0.2, -0.15) is 13.2 Å². The lowest BCUT2D eigenvalue weighted by Crippen LogP contribution is -2.18. The van der Waals surface area contributed by atoms with Gasteiger partial charge in [-0.15, -0.1) is 0 Å². The number of alkyl halides is 3. The fourth-order valence-corrected chi connectivity index (χ4v) is 0.927. The molecule has 0 bridgehead atoms. The molecule has 0 unspecified atom stereocenters. The van der Waals surface area contributed by atoms with Crippen LogP contribution in [0.4, 0.5) is 13.2 Å². The standard InChI is InChI=1S/C8H6F3NO3/c1-15-7(14)5-2-4(8(9,10)11)3-6(13)12-5/h2-3H,1H3,(H,12,13). The number of aromatic nitrogens is 1. The molecule has 1 rings (SSSR count). The van der Waals surface area contributed by atoms with Crippen LogP contribution in [0.15, 0.2) is 16.9 Å². The van der Waals surface area contributed by atoms with Crippen molar-refractivity contribution in [3.63, 3.8) is 0 Å². The van der Waals surface area contributed by atoms with Gasteiger partial charge in [0.2, 0.25) is 5.56 Å². The highest BCUT2D eigenvalue weighted by Crippen LogP contribution is 2.28. The lowest BCUT2D eigenvalue weighted by atomic mass is 10.2. The second-order valence-electron chi connectivity index (χ2n) is 2.64. The topological polar surface area (TPSA) is 59.2 Å². The Morgan fingerprint density at radius 3 is 2.47 bits per heavy atom. The minimum Gasteiger partial charge on any atom is -0.464 e. The monoisotopic (exact) mass is 221 g/mol. The maximum Gasteiger partial charge on any atom is 0.416 e. The minimum absolute atomic E-state index is 0.367. The molecule has 1 aromatic rings. The Kier molecular flexibility index (Phi) is 2.83. The minimum atomic E-state index is -4.67. The number of halogens is 3. The number of carbonyl (C=O) groups excluding carboxylic acids is 1. The van der Waals surface area contributed by atoms with Crippen LogP contribution >= 0.6 is 0 Å². The van der Waals surface area contributed by atoms with E-state index >= 15 is 0 Å². The van der Waals surface area contributed by atoms with E-state index in [1.165, 1.54) is 0 Å². The quantitative estimate of drug-likeness (QED) is 0.724. The van der Waals surface area contributed by atoms with Gasteiger partial charge in [0, 0.05) is 6.07 Å². The molecule has 15 heavy (non-hydrogen) atoms. The molecule has 0 aliphatic rings. The van der Waals surface area contributed by atoms with Crippen LogP contribution in [0, 0.1) is 0 Å². The molecule has 0 fully saturated rings. The van der Waals surface area contributed by atoms with Crippen LogP contribution in [-0.2, 0) is 10.9 Å². The average Bonchev–Trinajstić information content (AvgIpc) is 2.14. The summed E-state index contributed by atoms with van der Waals surface area (Å²) in [6, 6.07) is 0.889. The third-order valence-corrected chi connectivity index (χ3v) is 1.58. The zero-order valence-corrected chi connectivity index (χ0v) is 7.51. The van der Waals surface area contributed by atoms with Crippen LogP contribution in [0.5, 0.6) is 0 Å². The molecular formula is C8H6F3NO3. The molecule has 0 aromatic carbocycles. The van der Waals surface area contributed by atoms with Crippen molar-refractivity contribution >= 4 is 5.97 Å². The summed E-state index contributed by atoms with van der Waals surface area (Å²) in [4.78, 5) is 23.6. The molecule has 0 spiro atoms. The molecule has 1 N–H and O–H groups in total. The zero-order chi connectivity index (χ0) is 11.6. The van der Waals surface area contributed by atoms with Gasteiger partial charge in [-0.25, -0.2) is 4.79 Å². The van der Waals surface area contributed by atoms with Gasteiger partial charge in [0.15, 0.2) is 0 Å². The SMILES string of the molecule is COC(=O)c1cc(C(F)(F)F)cc(=O)[nH]1. The van der Waals surface area contributed by atoms with Gasteiger partial charge in [0.05, 0.1) is 12.7 Å². The van der Waals surface area contributed by atoms with E-state index in [9.17, 15) is 22.8 Å². The molecule has 4 nitrogen and oxygen atoms in total. The number of carbonyl (C=O) groups is 1. The molecule has 0 atom stereocenters. The summed E-state index contributed by atoms with van der Waals surface area (Å²) in [5, 5.41) is 0. The van der Waals surface area contributed by atoms with Gasteiger partial charge in [0.1, 0.15) is 5.69 Å². The zero-order valence-electron chi connectivity index (χ0n) is 7.51. The molecular weight excluding hydrogens is 215 g/mol. The van der Waals surface area contributed by atoms with Crippen molar-refractivity contribution in [3.8, 4) is 0 Å². The van der Waals surface area contributed by atoms with Crippen molar-refractivity contribution in [2.24, 2.45) is 0 Å². The predicted molar refractivity (Wildman–Crippen MR) is 43.4 cm³/mol. The first-order valence-corrected chi connectivity index (χ1v) is 3.74. The number of methoxy groups -OCH3 is 1. The third kappa shape index (κ3) is 2.58. The third-order valence-electron chi connectivity index (χ3n) is 1.58. The number of esters is 1. The first-order chi connectivity index (χ1) is 6.84. The van der Waals surface area contributed by atoms with Gasteiger partial charge in [-0.05, 0) is 6.07 Å². The summed E-state index contributed by atoms with van der Waals surface area (Å²) in [7, 11) is 1.00. The summed E-state index contributed by atoms with van der Waals surface area (Å²) < 4.78 is 40.8. The van der Waals surface area contributed by atoms with E-state index < -0.39 is 29.0 Å². The van der Waals surface area contributed by atoms with Crippen molar-refractivity contribution in [2.75, 3.05) is 7.11 Å². The van der Waals surface area contributed by atoms with E-state index in [-0.39, 0.29) is 0 Å². The first-order valence-electron chi connectivity index (χ1n) is 3.74. The van der Waals surface area contributed by atoms with Gasteiger partial charge >= 0.3 is 12.1 Å². The van der Waals surface area contributed by atoms with E-state index in [1.807, 2.05) is 4.98 Å². The van der Waals surface area contributed by atoms with Crippen LogP contribution < -0.4 is 5.56 Å². The second-order valence-corrected chi connectivity index (χ2v) is 2.64. The van der Waals surface area contributed by atoms with Gasteiger partial charge in [-0.3, -0.25) is 4.79 Å². The van der Waals surface area contributed by atoms with Crippen LogP contribution in [0.2, 0.25) is 0 Å². The maximum atomic E-state index is 12.2. The molecule has 0 saturated heterocycles. The van der Waals surface area contributed by atoms with Gasteiger partial charge in [-0.1, -0.05) is 0 Å². The summed E-state index contributed by atoms with van der Waals surface area (Å²) in [6.07, 6.45) is -4.67. The van der Waals surface area contributed by atoms with Crippen LogP contribution in [0.3, 0.4) is 0 Å². The molecule has 0 aliphatic carbocycles. The van der Waals surface area contributed by atoms with Gasteiger partial charge < -0.3 is 9.72 Å². The number of H-pyrrole nitrogens is 1. The Hall–Kier alpha value is -1.79. The lowest BCUT2D eigenvalue weighted by molar-refractivity contribution is -0.137. The Morgan fingerprint density at radius 1 is 1.40 bits per heavy atom. The normalized spacial score (nSPS) is 11.2. The van der Waals surface area contributed by atoms with Crippen molar-refractivity contribution in [1.82, 2.24) is 4.98 Å². The number of nitrogens with one attached hydrogen (secondary N) is 1. The number of rotatable bonds is 1. The van der Waals surface area contributed by atoms with E-state index in [0.29, 0.717) is 12.1 Å². The van der Waals surface area contributed by atoms with E-state index in [4.69, 9.17) is 0 Å². The largest absolute Gasteiger partial charge is 0.464 e. The number of hydrogen-bond donors (Lipinski definition) is 1. The van der Waals surface area contributed by atoms with E-state index in [0.717, 1.165) is 7.11 Å². The molecule has 0 radical (unpaired) electrons. The average molecular weight is 221 g/mol. The summed E-state index contributed by atoms with van der Waals surface area (Å²) in [5.41, 5.74) is -2.73. The van der Waals surface area contributed by atoms with E-state index in [2.05, 4.69) is 4.74 Å². The van der Waals surface area contributed by atoms with Crippen molar-refractivity contribution < 1.29 is 22.7 Å². The predicted octanol–water partition coefficient (Wildman–Crippen LogP) is 1.18. The number of hydrogen-bond acceptors (Lipinski definition) is 3.